The molecule has 130 valence electrons. The second-order valence-electron chi connectivity index (χ2n) is 6.22. The number of hydrogen-bond donors (Lipinski definition) is 1. The van der Waals surface area contributed by atoms with E-state index in [1.807, 2.05) is 41.8 Å². The van der Waals surface area contributed by atoms with E-state index in [1.165, 1.54) is 5.56 Å². The Kier molecular flexibility index (Phi) is 4.86. The fourth-order valence-corrected chi connectivity index (χ4v) is 2.93. The first-order chi connectivity index (χ1) is 12.0. The Morgan fingerprint density at radius 1 is 1.24 bits per heavy atom. The van der Waals surface area contributed by atoms with Gasteiger partial charge in [-0.05, 0) is 32.4 Å². The predicted octanol–water partition coefficient (Wildman–Crippen LogP) is 3.05. The number of fused-ring (bicyclic) bond motifs is 1. The lowest BCUT2D eigenvalue weighted by atomic mass is 10.0. The monoisotopic (exact) mass is 337 g/mol. The van der Waals surface area contributed by atoms with Crippen molar-refractivity contribution >= 4 is 11.6 Å². The smallest absolute Gasteiger partial charge is 0.323 e. The van der Waals surface area contributed by atoms with Crippen LogP contribution in [0.15, 0.2) is 42.6 Å². The maximum atomic E-state index is 12.0. The lowest BCUT2D eigenvalue weighted by Crippen LogP contribution is -2.34. The van der Waals surface area contributed by atoms with Crippen molar-refractivity contribution in [1.82, 2.24) is 9.38 Å². The predicted molar refractivity (Wildman–Crippen MR) is 98.4 cm³/mol. The van der Waals surface area contributed by atoms with E-state index >= 15 is 0 Å². The second kappa shape index (κ2) is 7.07. The highest BCUT2D eigenvalue weighted by Gasteiger charge is 2.22. The summed E-state index contributed by atoms with van der Waals surface area (Å²) in [7, 11) is 0. The number of rotatable bonds is 5. The summed E-state index contributed by atoms with van der Waals surface area (Å²) < 4.78 is 7.07. The van der Waals surface area contributed by atoms with Gasteiger partial charge in [-0.1, -0.05) is 35.9 Å². The molecule has 0 aliphatic rings. The molecule has 2 aromatic heterocycles. The number of hydrogen-bond acceptors (Lipinski definition) is 4. The standard InChI is InChI=1S/C20H23N3O2/c1-4-25-20(24)16(21)12-17-18(15-9-7-13(2)8-10-15)22-19-14(3)6-5-11-23(17)19/h5-11,16H,4,12,21H2,1-3H3. The van der Waals surface area contributed by atoms with Crippen LogP contribution < -0.4 is 5.73 Å². The van der Waals surface area contributed by atoms with Gasteiger partial charge in [-0.2, -0.15) is 0 Å². The molecule has 25 heavy (non-hydrogen) atoms. The third kappa shape index (κ3) is 3.42. The highest BCUT2D eigenvalue weighted by Crippen LogP contribution is 2.27. The summed E-state index contributed by atoms with van der Waals surface area (Å²) in [4.78, 5) is 16.8. The van der Waals surface area contributed by atoms with Gasteiger partial charge in [0.25, 0.3) is 0 Å². The van der Waals surface area contributed by atoms with Crippen LogP contribution in [0.1, 0.15) is 23.7 Å². The van der Waals surface area contributed by atoms with Gasteiger partial charge in [0, 0.05) is 18.2 Å². The van der Waals surface area contributed by atoms with E-state index in [9.17, 15) is 4.79 Å². The minimum Gasteiger partial charge on any atom is -0.465 e. The number of benzene rings is 1. The summed E-state index contributed by atoms with van der Waals surface area (Å²) in [5.41, 5.74) is 12.0. The van der Waals surface area contributed by atoms with Crippen molar-refractivity contribution in [2.75, 3.05) is 6.61 Å². The Balaban J connectivity index is 2.10. The molecule has 3 rings (SSSR count). The van der Waals surface area contributed by atoms with Gasteiger partial charge in [-0.3, -0.25) is 4.79 Å². The van der Waals surface area contributed by atoms with Crippen molar-refractivity contribution in [2.45, 2.75) is 33.2 Å². The minimum atomic E-state index is -0.718. The average molecular weight is 337 g/mol. The second-order valence-corrected chi connectivity index (χ2v) is 6.22. The zero-order chi connectivity index (χ0) is 18.0. The highest BCUT2D eigenvalue weighted by molar-refractivity contribution is 5.77. The van der Waals surface area contributed by atoms with Gasteiger partial charge >= 0.3 is 5.97 Å². The molecule has 1 unspecified atom stereocenters. The number of nitrogens with zero attached hydrogens (tertiary/aromatic N) is 2. The average Bonchev–Trinajstić information content (AvgIpc) is 2.96. The minimum absolute atomic E-state index is 0.323. The summed E-state index contributed by atoms with van der Waals surface area (Å²) in [6.07, 6.45) is 2.33. The van der Waals surface area contributed by atoms with Crippen molar-refractivity contribution in [2.24, 2.45) is 5.73 Å². The summed E-state index contributed by atoms with van der Waals surface area (Å²) in [5.74, 6) is -0.389. The van der Waals surface area contributed by atoms with Gasteiger partial charge in [0.15, 0.2) is 0 Å². The summed E-state index contributed by atoms with van der Waals surface area (Å²) >= 11 is 0. The van der Waals surface area contributed by atoms with Crippen molar-refractivity contribution in [3.8, 4) is 11.3 Å². The normalized spacial score (nSPS) is 12.3. The van der Waals surface area contributed by atoms with E-state index in [2.05, 4.69) is 19.1 Å². The molecule has 0 saturated heterocycles. The van der Waals surface area contributed by atoms with Crippen LogP contribution in [0, 0.1) is 13.8 Å². The molecule has 0 fully saturated rings. The van der Waals surface area contributed by atoms with Crippen LogP contribution in [0.3, 0.4) is 0 Å². The number of carbonyl (C=O) groups is 1. The highest BCUT2D eigenvalue weighted by atomic mass is 16.5. The number of carbonyl (C=O) groups excluding carboxylic acids is 1. The van der Waals surface area contributed by atoms with Gasteiger partial charge in [0.05, 0.1) is 18.0 Å². The third-order valence-electron chi connectivity index (χ3n) is 4.27. The number of aromatic nitrogens is 2. The Morgan fingerprint density at radius 2 is 1.96 bits per heavy atom. The van der Waals surface area contributed by atoms with Gasteiger partial charge in [-0.25, -0.2) is 4.98 Å². The molecule has 5 nitrogen and oxygen atoms in total. The van der Waals surface area contributed by atoms with E-state index in [4.69, 9.17) is 15.5 Å². The quantitative estimate of drug-likeness (QED) is 0.727. The van der Waals surface area contributed by atoms with Crippen LogP contribution in [0.2, 0.25) is 0 Å². The molecule has 0 spiro atoms. The van der Waals surface area contributed by atoms with Crippen LogP contribution in [-0.4, -0.2) is 28.0 Å². The van der Waals surface area contributed by atoms with E-state index < -0.39 is 6.04 Å². The lowest BCUT2D eigenvalue weighted by molar-refractivity contribution is -0.144. The van der Waals surface area contributed by atoms with Gasteiger partial charge in [0.1, 0.15) is 11.7 Å². The Hall–Kier alpha value is -2.66. The molecule has 0 amide bonds. The van der Waals surface area contributed by atoms with E-state index in [0.29, 0.717) is 13.0 Å². The molecule has 3 aromatic rings. The Labute approximate surface area is 147 Å². The molecular formula is C20H23N3O2. The zero-order valence-corrected chi connectivity index (χ0v) is 14.8. The number of nitrogens with two attached hydrogens (primary N) is 1. The van der Waals surface area contributed by atoms with Crippen LogP contribution >= 0.6 is 0 Å². The molecule has 0 saturated carbocycles. The fourth-order valence-electron chi connectivity index (χ4n) is 2.93. The van der Waals surface area contributed by atoms with Crippen LogP contribution in [0.5, 0.6) is 0 Å². The van der Waals surface area contributed by atoms with Crippen molar-refractivity contribution < 1.29 is 9.53 Å². The number of imidazole rings is 1. The molecule has 1 atom stereocenters. The van der Waals surface area contributed by atoms with Crippen LogP contribution in [-0.2, 0) is 16.0 Å². The maximum absolute atomic E-state index is 12.0. The number of pyridine rings is 1. The maximum Gasteiger partial charge on any atom is 0.323 e. The third-order valence-corrected chi connectivity index (χ3v) is 4.27. The molecule has 0 aliphatic carbocycles. The van der Waals surface area contributed by atoms with Gasteiger partial charge in [-0.15, -0.1) is 0 Å². The van der Waals surface area contributed by atoms with Gasteiger partial charge < -0.3 is 14.9 Å². The zero-order valence-electron chi connectivity index (χ0n) is 14.8. The fraction of sp³-hybridized carbons (Fsp3) is 0.300. The molecule has 2 heterocycles. The SMILES string of the molecule is CCOC(=O)C(N)Cc1c(-c2ccc(C)cc2)nc2c(C)cccn12. The molecule has 0 radical (unpaired) electrons. The first kappa shape index (κ1) is 17.2. The largest absolute Gasteiger partial charge is 0.465 e. The molecule has 1 aromatic carbocycles. The molecule has 0 bridgehead atoms. The number of aryl methyl sites for hydroxylation is 2. The van der Waals surface area contributed by atoms with Crippen LogP contribution in [0.4, 0.5) is 0 Å². The Bertz CT molecular complexity index is 897. The summed E-state index contributed by atoms with van der Waals surface area (Å²) in [6, 6.07) is 11.5. The molecule has 0 aliphatic heterocycles. The molecule has 5 heteroatoms. The van der Waals surface area contributed by atoms with E-state index in [1.54, 1.807) is 6.92 Å². The van der Waals surface area contributed by atoms with Gasteiger partial charge in [0.2, 0.25) is 0 Å². The summed E-state index contributed by atoms with van der Waals surface area (Å²) in [5, 5.41) is 0. The molecular weight excluding hydrogens is 314 g/mol. The topological polar surface area (TPSA) is 69.6 Å². The van der Waals surface area contributed by atoms with E-state index in [0.717, 1.165) is 28.2 Å². The van der Waals surface area contributed by atoms with E-state index in [-0.39, 0.29) is 5.97 Å². The molecule has 2 N–H and O–H groups in total. The van der Waals surface area contributed by atoms with Crippen molar-refractivity contribution in [3.05, 3.63) is 59.4 Å². The lowest BCUT2D eigenvalue weighted by Gasteiger charge is -2.12. The summed E-state index contributed by atoms with van der Waals surface area (Å²) in [6.45, 7) is 6.18. The number of ether oxygens (including phenoxy) is 1. The van der Waals surface area contributed by atoms with Crippen LogP contribution in [0.25, 0.3) is 16.9 Å². The number of esters is 1. The first-order valence-corrected chi connectivity index (χ1v) is 8.47. The van der Waals surface area contributed by atoms with Crippen molar-refractivity contribution in [1.29, 1.82) is 0 Å². The first-order valence-electron chi connectivity index (χ1n) is 8.47. The van der Waals surface area contributed by atoms with Crippen molar-refractivity contribution in [3.63, 3.8) is 0 Å². The Morgan fingerprint density at radius 3 is 2.64 bits per heavy atom.